The molecule has 168 valence electrons. The highest BCUT2D eigenvalue weighted by atomic mass is 35.5. The molecule has 0 aliphatic carbocycles. The van der Waals surface area contributed by atoms with Gasteiger partial charge in [0.05, 0.1) is 30.5 Å². The highest BCUT2D eigenvalue weighted by Crippen LogP contribution is 2.41. The van der Waals surface area contributed by atoms with Crippen LogP contribution in [0.5, 0.6) is 11.5 Å². The fraction of sp³-hybridized carbons (Fsp3) is 0.125. The molecule has 0 radical (unpaired) electrons. The van der Waals surface area contributed by atoms with Crippen LogP contribution in [0.25, 0.3) is 33.6 Å². The molecule has 9 heteroatoms. The van der Waals surface area contributed by atoms with Crippen molar-refractivity contribution in [3.63, 3.8) is 0 Å². The molecule has 0 amide bonds. The monoisotopic (exact) mass is 483 g/mol. The predicted octanol–water partition coefficient (Wildman–Crippen LogP) is 5.70. The molecule has 0 saturated heterocycles. The summed E-state index contributed by atoms with van der Waals surface area (Å²) < 4.78 is 25.7. The number of benzene rings is 2. The first kappa shape index (κ1) is 22.8. The van der Waals surface area contributed by atoms with Crippen molar-refractivity contribution in [1.29, 1.82) is 0 Å². The van der Waals surface area contributed by atoms with Crippen molar-refractivity contribution < 1.29 is 13.9 Å². The highest BCUT2D eigenvalue weighted by molar-refractivity contribution is 7.98. The van der Waals surface area contributed by atoms with E-state index in [0.717, 1.165) is 4.90 Å². The van der Waals surface area contributed by atoms with Gasteiger partial charge in [0, 0.05) is 28.3 Å². The molecule has 0 atom stereocenters. The maximum atomic E-state index is 14.8. The molecule has 0 aliphatic heterocycles. The van der Waals surface area contributed by atoms with Gasteiger partial charge in [0.25, 0.3) is 5.56 Å². The third-order valence-electron chi connectivity index (χ3n) is 5.04. The third kappa shape index (κ3) is 4.44. The van der Waals surface area contributed by atoms with Crippen molar-refractivity contribution in [3.05, 3.63) is 75.9 Å². The van der Waals surface area contributed by atoms with Crippen molar-refractivity contribution in [2.45, 2.75) is 4.90 Å². The first-order valence-electron chi connectivity index (χ1n) is 9.77. The highest BCUT2D eigenvalue weighted by Gasteiger charge is 2.24. The third-order valence-corrected chi connectivity index (χ3v) is 6.02. The molecule has 4 aromatic rings. The Morgan fingerprint density at radius 2 is 1.70 bits per heavy atom. The van der Waals surface area contributed by atoms with Gasteiger partial charge in [-0.05, 0) is 42.2 Å². The number of thioether (sulfide) groups is 1. The molecular formula is C24H19ClFN3O3S. The Bertz CT molecular complexity index is 1370. The lowest BCUT2D eigenvalue weighted by Crippen LogP contribution is -2.15. The SMILES string of the molecule is COc1cc(OC)cc(-c2c(-c3ccccc3F)n[nH]c(=O)c2-c2ncc(SC)cc2Cl)c1. The smallest absolute Gasteiger partial charge is 0.274 e. The lowest BCUT2D eigenvalue weighted by Gasteiger charge is -2.16. The van der Waals surface area contributed by atoms with Crippen LogP contribution in [-0.2, 0) is 0 Å². The number of nitrogens with zero attached hydrogens (tertiary/aromatic N) is 2. The average molecular weight is 484 g/mol. The molecule has 0 aliphatic rings. The minimum Gasteiger partial charge on any atom is -0.497 e. The van der Waals surface area contributed by atoms with Gasteiger partial charge in [-0.1, -0.05) is 23.7 Å². The number of H-pyrrole nitrogens is 1. The van der Waals surface area contributed by atoms with Gasteiger partial charge in [0.2, 0.25) is 0 Å². The number of hydrogen-bond acceptors (Lipinski definition) is 6. The summed E-state index contributed by atoms with van der Waals surface area (Å²) >= 11 is 8.02. The van der Waals surface area contributed by atoms with Crippen molar-refractivity contribution in [1.82, 2.24) is 15.2 Å². The van der Waals surface area contributed by atoms with E-state index in [4.69, 9.17) is 21.1 Å². The van der Waals surface area contributed by atoms with Crippen LogP contribution in [0.4, 0.5) is 4.39 Å². The maximum absolute atomic E-state index is 14.8. The largest absolute Gasteiger partial charge is 0.497 e. The number of hydrogen-bond donors (Lipinski definition) is 1. The Hall–Kier alpha value is -3.36. The van der Waals surface area contributed by atoms with Crippen molar-refractivity contribution in [2.24, 2.45) is 0 Å². The van der Waals surface area contributed by atoms with E-state index in [1.165, 1.54) is 32.0 Å². The van der Waals surface area contributed by atoms with Crippen LogP contribution in [0.15, 0.2) is 64.4 Å². The second-order valence-corrected chi connectivity index (χ2v) is 8.22. The van der Waals surface area contributed by atoms with E-state index in [-0.39, 0.29) is 27.5 Å². The Labute approximate surface area is 198 Å². The molecule has 0 unspecified atom stereocenters. The molecule has 0 saturated carbocycles. The van der Waals surface area contributed by atoms with E-state index in [9.17, 15) is 9.18 Å². The maximum Gasteiger partial charge on any atom is 0.274 e. The minimum atomic E-state index is -0.516. The Morgan fingerprint density at radius 3 is 2.30 bits per heavy atom. The van der Waals surface area contributed by atoms with Gasteiger partial charge in [0.1, 0.15) is 23.0 Å². The lowest BCUT2D eigenvalue weighted by atomic mass is 9.93. The predicted molar refractivity (Wildman–Crippen MR) is 129 cm³/mol. The van der Waals surface area contributed by atoms with Crippen LogP contribution in [0.2, 0.25) is 5.02 Å². The van der Waals surface area contributed by atoms with Gasteiger partial charge in [-0.2, -0.15) is 5.10 Å². The first-order chi connectivity index (χ1) is 16.0. The van der Waals surface area contributed by atoms with Crippen molar-refractivity contribution >= 4 is 23.4 Å². The molecule has 4 rings (SSSR count). The number of ether oxygens (including phenoxy) is 2. The normalized spacial score (nSPS) is 10.8. The van der Waals surface area contributed by atoms with Crippen molar-refractivity contribution in [3.8, 4) is 45.1 Å². The molecule has 2 heterocycles. The number of rotatable bonds is 6. The molecule has 0 bridgehead atoms. The van der Waals surface area contributed by atoms with Gasteiger partial charge in [-0.25, -0.2) is 9.49 Å². The number of aromatic nitrogens is 3. The van der Waals surface area contributed by atoms with E-state index < -0.39 is 11.4 Å². The molecule has 0 fully saturated rings. The van der Waals surface area contributed by atoms with Gasteiger partial charge >= 0.3 is 0 Å². The molecule has 2 aromatic carbocycles. The second-order valence-electron chi connectivity index (χ2n) is 6.94. The van der Waals surface area contributed by atoms with Gasteiger partial charge < -0.3 is 9.47 Å². The minimum absolute atomic E-state index is 0.163. The summed E-state index contributed by atoms with van der Waals surface area (Å²) in [5, 5.41) is 6.98. The molecule has 0 spiro atoms. The summed E-state index contributed by atoms with van der Waals surface area (Å²) in [5.41, 5.74) is 1.23. The summed E-state index contributed by atoms with van der Waals surface area (Å²) in [7, 11) is 3.04. The average Bonchev–Trinajstić information content (AvgIpc) is 2.84. The standard InChI is InChI=1S/C24H19ClFN3O3S/c1-31-14-8-13(9-15(10-14)32-2)20-21(23-18(25)11-16(33-3)12-27-23)24(30)29-28-22(20)17-6-4-5-7-19(17)26/h4-12H,1-3H3,(H,29,30). The Balaban J connectivity index is 2.14. The number of nitrogens with one attached hydrogen (secondary N) is 1. The molecular weight excluding hydrogens is 465 g/mol. The van der Waals surface area contributed by atoms with E-state index in [2.05, 4.69) is 15.2 Å². The van der Waals surface area contributed by atoms with Gasteiger partial charge in [0.15, 0.2) is 0 Å². The molecule has 6 nitrogen and oxygen atoms in total. The first-order valence-corrected chi connectivity index (χ1v) is 11.4. The summed E-state index contributed by atoms with van der Waals surface area (Å²) in [6.45, 7) is 0. The van der Waals surface area contributed by atoms with E-state index in [0.29, 0.717) is 22.6 Å². The van der Waals surface area contributed by atoms with Gasteiger partial charge in [-0.3, -0.25) is 9.78 Å². The van der Waals surface area contributed by atoms with Crippen molar-refractivity contribution in [2.75, 3.05) is 20.5 Å². The summed E-state index contributed by atoms with van der Waals surface area (Å²) in [6.07, 6.45) is 3.53. The second kappa shape index (κ2) is 9.64. The zero-order valence-corrected chi connectivity index (χ0v) is 19.6. The summed E-state index contributed by atoms with van der Waals surface area (Å²) in [5.74, 6) is 0.495. The van der Waals surface area contributed by atoms with E-state index in [1.807, 2.05) is 6.26 Å². The zero-order chi connectivity index (χ0) is 23.5. The van der Waals surface area contributed by atoms with Crippen LogP contribution in [0.3, 0.4) is 0 Å². The molecule has 1 N–H and O–H groups in total. The fourth-order valence-corrected chi connectivity index (χ4v) is 4.19. The topological polar surface area (TPSA) is 77.1 Å². The Kier molecular flexibility index (Phi) is 6.67. The summed E-state index contributed by atoms with van der Waals surface area (Å²) in [6, 6.07) is 13.1. The number of aromatic amines is 1. The summed E-state index contributed by atoms with van der Waals surface area (Å²) in [4.78, 5) is 18.4. The van der Waals surface area contributed by atoms with Crippen LogP contribution in [0, 0.1) is 5.82 Å². The number of methoxy groups -OCH3 is 2. The zero-order valence-electron chi connectivity index (χ0n) is 18.0. The lowest BCUT2D eigenvalue weighted by molar-refractivity contribution is 0.394. The van der Waals surface area contributed by atoms with Crippen LogP contribution < -0.4 is 15.0 Å². The molecule has 33 heavy (non-hydrogen) atoms. The van der Waals surface area contributed by atoms with Gasteiger partial charge in [-0.15, -0.1) is 11.8 Å². The Morgan fingerprint density at radius 1 is 1.00 bits per heavy atom. The van der Waals surface area contributed by atoms with Crippen LogP contribution >= 0.6 is 23.4 Å². The fourth-order valence-electron chi connectivity index (χ4n) is 3.47. The van der Waals surface area contributed by atoms with Crippen LogP contribution in [0.1, 0.15) is 0 Å². The van der Waals surface area contributed by atoms with E-state index in [1.54, 1.807) is 48.7 Å². The van der Waals surface area contributed by atoms with E-state index >= 15 is 0 Å². The molecule has 2 aromatic heterocycles. The van der Waals surface area contributed by atoms with Crippen LogP contribution in [-0.4, -0.2) is 35.7 Å². The number of pyridine rings is 1. The number of halogens is 2. The quantitative estimate of drug-likeness (QED) is 0.355.